The molecule has 0 bridgehead atoms. The van der Waals surface area contributed by atoms with Crippen molar-refractivity contribution in [3.63, 3.8) is 0 Å². The van der Waals surface area contributed by atoms with Crippen molar-refractivity contribution in [1.29, 1.82) is 0 Å². The zero-order valence-electron chi connectivity index (χ0n) is 13.4. The molecule has 0 amide bonds. The fourth-order valence-electron chi connectivity index (χ4n) is 1.81. The highest BCUT2D eigenvalue weighted by Gasteiger charge is 2.26. The lowest BCUT2D eigenvalue weighted by Gasteiger charge is -2.02. The molecule has 22 heavy (non-hydrogen) atoms. The van der Waals surface area contributed by atoms with Crippen LogP contribution in [0.3, 0.4) is 0 Å². The summed E-state index contributed by atoms with van der Waals surface area (Å²) in [5.41, 5.74) is 1.03. The summed E-state index contributed by atoms with van der Waals surface area (Å²) in [5, 5.41) is 17.4. The van der Waals surface area contributed by atoms with Crippen molar-refractivity contribution in [2.75, 3.05) is 0 Å². The Morgan fingerprint density at radius 2 is 1.91 bits per heavy atom. The Bertz CT molecular complexity index is 459. The first-order chi connectivity index (χ1) is 10.1. The van der Waals surface area contributed by atoms with Gasteiger partial charge >= 0.3 is 11.9 Å². The molecular weight excluding hydrogens is 288 g/mol. The summed E-state index contributed by atoms with van der Waals surface area (Å²) in [4.78, 5) is 31.0. The summed E-state index contributed by atoms with van der Waals surface area (Å²) in [6, 6.07) is 0. The minimum Gasteiger partial charge on any atom is -0.481 e. The predicted molar refractivity (Wildman–Crippen MR) is 80.9 cm³/mol. The van der Waals surface area contributed by atoms with Gasteiger partial charge in [0.15, 0.2) is 0 Å². The lowest BCUT2D eigenvalue weighted by molar-refractivity contribution is -0.152. The Morgan fingerprint density at radius 3 is 2.23 bits per heavy atom. The van der Waals surface area contributed by atoms with E-state index in [0.717, 1.165) is 0 Å². The van der Waals surface area contributed by atoms with E-state index in [4.69, 9.17) is 10.2 Å². The van der Waals surface area contributed by atoms with Crippen LogP contribution >= 0.6 is 0 Å². The Hall–Kier alpha value is -1.95. The van der Waals surface area contributed by atoms with E-state index >= 15 is 0 Å². The summed E-state index contributed by atoms with van der Waals surface area (Å²) in [7, 11) is 0. The molecule has 0 aromatic carbocycles. The molecule has 0 spiro atoms. The molecule has 6 heteroatoms. The molecule has 0 saturated carbocycles. The number of carbonyl (C=O) groups excluding carboxylic acids is 2. The molecule has 1 fully saturated rings. The summed E-state index contributed by atoms with van der Waals surface area (Å²) in [6.45, 7) is 7.77. The first-order valence-corrected chi connectivity index (χ1v) is 7.11. The standard InChI is InChI=1S/2C8H12O3/c1-5(2)3-6-4-7(9)11-8(6)10;1-6(2)3-7(5-9)4-8(10)11/h3,5,8,10H,4H2,1-2H3;3,5-6H,4H2,1-2H3,(H,10,11)/b6-3+;7-3+. The molecule has 1 rings (SSSR count). The number of ether oxygens (including phenoxy) is 1. The van der Waals surface area contributed by atoms with Gasteiger partial charge in [0, 0.05) is 5.57 Å². The lowest BCUT2D eigenvalue weighted by atomic mass is 10.1. The van der Waals surface area contributed by atoms with Crippen molar-refractivity contribution in [2.45, 2.75) is 46.8 Å². The number of aldehydes is 1. The highest BCUT2D eigenvalue weighted by molar-refractivity contribution is 5.83. The van der Waals surface area contributed by atoms with Crippen molar-refractivity contribution in [3.8, 4) is 0 Å². The second-order valence-corrected chi connectivity index (χ2v) is 5.68. The minimum atomic E-state index is -0.995. The van der Waals surface area contributed by atoms with Gasteiger partial charge in [0.25, 0.3) is 0 Å². The van der Waals surface area contributed by atoms with E-state index in [1.165, 1.54) is 0 Å². The van der Waals surface area contributed by atoms with Crippen LogP contribution in [0.25, 0.3) is 0 Å². The van der Waals surface area contributed by atoms with Gasteiger partial charge in [-0.15, -0.1) is 0 Å². The molecule has 6 nitrogen and oxygen atoms in total. The number of cyclic esters (lactones) is 1. The topological polar surface area (TPSA) is 101 Å². The zero-order chi connectivity index (χ0) is 17.3. The molecule has 1 unspecified atom stereocenters. The third-order valence-corrected chi connectivity index (χ3v) is 2.51. The molecule has 124 valence electrons. The second-order valence-electron chi connectivity index (χ2n) is 5.68. The van der Waals surface area contributed by atoms with Crippen molar-refractivity contribution < 1.29 is 29.3 Å². The minimum absolute atomic E-state index is 0.179. The predicted octanol–water partition coefficient (Wildman–Crippen LogP) is 2.08. The fraction of sp³-hybridized carbons (Fsp3) is 0.562. The maximum atomic E-state index is 10.6. The molecule has 0 aliphatic carbocycles. The summed E-state index contributed by atoms with van der Waals surface area (Å²) in [6.07, 6.45) is 3.16. The highest BCUT2D eigenvalue weighted by atomic mass is 16.6. The van der Waals surface area contributed by atoms with E-state index in [9.17, 15) is 14.4 Å². The normalized spacial score (nSPS) is 20.0. The third-order valence-electron chi connectivity index (χ3n) is 2.51. The maximum absolute atomic E-state index is 10.6. The number of carbonyl (C=O) groups is 3. The number of allylic oxidation sites excluding steroid dienone is 2. The monoisotopic (exact) mass is 312 g/mol. The fourth-order valence-corrected chi connectivity index (χ4v) is 1.81. The quantitative estimate of drug-likeness (QED) is 0.349. The molecule has 0 aromatic heterocycles. The Balaban J connectivity index is 0.000000401. The Labute approximate surface area is 130 Å². The van der Waals surface area contributed by atoms with Gasteiger partial charge in [-0.25, -0.2) is 0 Å². The van der Waals surface area contributed by atoms with E-state index in [2.05, 4.69) is 4.74 Å². The number of carboxylic acid groups (broad SMARTS) is 1. The van der Waals surface area contributed by atoms with Gasteiger partial charge in [0.1, 0.15) is 6.29 Å². The van der Waals surface area contributed by atoms with Gasteiger partial charge in [-0.1, -0.05) is 39.8 Å². The second kappa shape index (κ2) is 9.89. The van der Waals surface area contributed by atoms with Crippen LogP contribution in [0.15, 0.2) is 23.3 Å². The smallest absolute Gasteiger partial charge is 0.312 e. The van der Waals surface area contributed by atoms with Gasteiger partial charge in [0.05, 0.1) is 12.8 Å². The van der Waals surface area contributed by atoms with Crippen LogP contribution in [0, 0.1) is 11.8 Å². The first-order valence-electron chi connectivity index (χ1n) is 7.11. The zero-order valence-corrected chi connectivity index (χ0v) is 13.4. The number of esters is 1. The van der Waals surface area contributed by atoms with Gasteiger partial charge in [0.2, 0.25) is 6.29 Å². The molecular formula is C16H24O6. The molecule has 1 atom stereocenters. The van der Waals surface area contributed by atoms with Crippen LogP contribution in [-0.4, -0.2) is 34.7 Å². The van der Waals surface area contributed by atoms with E-state index in [1.54, 1.807) is 6.08 Å². The lowest BCUT2D eigenvalue weighted by Crippen LogP contribution is -2.06. The van der Waals surface area contributed by atoms with Crippen molar-refractivity contribution in [2.24, 2.45) is 11.8 Å². The molecule has 1 aliphatic rings. The first kappa shape index (κ1) is 20.1. The van der Waals surface area contributed by atoms with Crippen LogP contribution in [-0.2, 0) is 19.1 Å². The largest absolute Gasteiger partial charge is 0.481 e. The third kappa shape index (κ3) is 9.07. The molecule has 1 heterocycles. The molecule has 0 radical (unpaired) electrons. The highest BCUT2D eigenvalue weighted by Crippen LogP contribution is 2.20. The van der Waals surface area contributed by atoms with Crippen LogP contribution in [0.1, 0.15) is 40.5 Å². The molecule has 2 N–H and O–H groups in total. The van der Waals surface area contributed by atoms with Crippen molar-refractivity contribution >= 4 is 18.2 Å². The number of aliphatic carboxylic acids is 1. The molecule has 0 aromatic rings. The average Bonchev–Trinajstić information content (AvgIpc) is 2.65. The van der Waals surface area contributed by atoms with Crippen molar-refractivity contribution in [1.82, 2.24) is 0 Å². The van der Waals surface area contributed by atoms with Gasteiger partial charge in [-0.05, 0) is 17.4 Å². The SMILES string of the molecule is CC(C)/C=C(/C=O)CC(=O)O.CC(C)/C=C1\CC(=O)OC1O. The molecule has 1 aliphatic heterocycles. The van der Waals surface area contributed by atoms with Crippen LogP contribution in [0.5, 0.6) is 0 Å². The van der Waals surface area contributed by atoms with Crippen LogP contribution in [0.4, 0.5) is 0 Å². The number of hydrogen-bond acceptors (Lipinski definition) is 5. The molecule has 1 saturated heterocycles. The summed E-state index contributed by atoms with van der Waals surface area (Å²) in [5.74, 6) is -0.753. The Morgan fingerprint density at radius 1 is 1.32 bits per heavy atom. The number of aliphatic hydroxyl groups excluding tert-OH is 1. The number of carboxylic acids is 1. The number of rotatable bonds is 5. The Kier molecular flexibility index (Phi) is 9.01. The van der Waals surface area contributed by atoms with E-state index in [1.807, 2.05) is 33.8 Å². The van der Waals surface area contributed by atoms with E-state index in [0.29, 0.717) is 23.4 Å². The maximum Gasteiger partial charge on any atom is 0.312 e. The average molecular weight is 312 g/mol. The van der Waals surface area contributed by atoms with Gasteiger partial charge < -0.3 is 14.9 Å². The van der Waals surface area contributed by atoms with Crippen LogP contribution < -0.4 is 0 Å². The van der Waals surface area contributed by atoms with Gasteiger partial charge in [-0.2, -0.15) is 0 Å². The van der Waals surface area contributed by atoms with E-state index in [-0.39, 0.29) is 24.7 Å². The van der Waals surface area contributed by atoms with Crippen molar-refractivity contribution in [3.05, 3.63) is 23.3 Å². The number of hydrogen-bond donors (Lipinski definition) is 2. The van der Waals surface area contributed by atoms with Crippen LogP contribution in [0.2, 0.25) is 0 Å². The summed E-state index contributed by atoms with van der Waals surface area (Å²) < 4.78 is 4.52. The van der Waals surface area contributed by atoms with Gasteiger partial charge in [-0.3, -0.25) is 14.4 Å². The summed E-state index contributed by atoms with van der Waals surface area (Å²) >= 11 is 0. The van der Waals surface area contributed by atoms with E-state index < -0.39 is 12.3 Å². The number of aliphatic hydroxyl groups is 1.